The Kier molecular flexibility index (Phi) is 3.34. The predicted molar refractivity (Wildman–Crippen MR) is 19.3 cm³/mol. The van der Waals surface area contributed by atoms with Gasteiger partial charge in [-0.05, 0) is 0 Å². The van der Waals surface area contributed by atoms with Gasteiger partial charge in [0.05, 0.1) is 6.54 Å². The third kappa shape index (κ3) is 1.51. The van der Waals surface area contributed by atoms with Crippen LogP contribution in [-0.2, 0) is 24.2 Å². The van der Waals surface area contributed by atoms with E-state index in [4.69, 9.17) is 0 Å². The minimum absolute atomic E-state index is 0. The molecular weight excluding hydrogens is 167 g/mol. The van der Waals surface area contributed by atoms with Crippen LogP contribution in [0.1, 0.15) is 0 Å². The first-order chi connectivity index (χ1) is 2.50. The Labute approximate surface area is 49.4 Å². The standard InChI is InChI=1S/C3H5NO.Ru/c1-2-5-3-4-1;/h3H,1-2H2;. The van der Waals surface area contributed by atoms with Crippen LogP contribution >= 0.6 is 0 Å². The third-order valence-corrected chi connectivity index (χ3v) is 0.487. The Morgan fingerprint density at radius 2 is 2.50 bits per heavy atom. The summed E-state index contributed by atoms with van der Waals surface area (Å²) >= 11 is 0. The fourth-order valence-electron chi connectivity index (χ4n) is 0.264. The Hall–Kier alpha value is 0.0934. The van der Waals surface area contributed by atoms with Crippen molar-refractivity contribution in [1.82, 2.24) is 0 Å². The van der Waals surface area contributed by atoms with E-state index in [0.717, 1.165) is 13.2 Å². The zero-order valence-corrected chi connectivity index (χ0v) is 4.94. The quantitative estimate of drug-likeness (QED) is 0.473. The summed E-state index contributed by atoms with van der Waals surface area (Å²) in [6, 6.07) is 0. The van der Waals surface area contributed by atoms with Crippen LogP contribution in [-0.4, -0.2) is 19.6 Å². The second-order valence-corrected chi connectivity index (χ2v) is 0.882. The monoisotopic (exact) mass is 173 g/mol. The van der Waals surface area contributed by atoms with Crippen molar-refractivity contribution in [2.75, 3.05) is 13.2 Å². The van der Waals surface area contributed by atoms with Gasteiger partial charge < -0.3 is 4.74 Å². The molecule has 36 valence electrons. The van der Waals surface area contributed by atoms with Gasteiger partial charge >= 0.3 is 0 Å². The van der Waals surface area contributed by atoms with Crippen LogP contribution in [0.4, 0.5) is 0 Å². The first-order valence-electron chi connectivity index (χ1n) is 1.60. The molecule has 3 heteroatoms. The van der Waals surface area contributed by atoms with Gasteiger partial charge in [0, 0.05) is 19.5 Å². The SMILES string of the molecule is C1=NCCO1.[Ru]. The summed E-state index contributed by atoms with van der Waals surface area (Å²) in [5.74, 6) is 0. The molecule has 0 aromatic rings. The second-order valence-electron chi connectivity index (χ2n) is 0.882. The smallest absolute Gasteiger partial charge is 0.169 e. The van der Waals surface area contributed by atoms with Crippen LogP contribution < -0.4 is 0 Å². The van der Waals surface area contributed by atoms with Crippen LogP contribution in [0, 0.1) is 0 Å². The molecule has 0 aromatic heterocycles. The molecule has 0 N–H and O–H groups in total. The van der Waals surface area contributed by atoms with Crippen molar-refractivity contribution in [1.29, 1.82) is 0 Å². The molecule has 0 saturated carbocycles. The maximum Gasteiger partial charge on any atom is 0.169 e. The van der Waals surface area contributed by atoms with Gasteiger partial charge in [-0.1, -0.05) is 0 Å². The first kappa shape index (κ1) is 6.09. The van der Waals surface area contributed by atoms with Gasteiger partial charge in [-0.25, -0.2) is 0 Å². The van der Waals surface area contributed by atoms with Crippen molar-refractivity contribution in [3.05, 3.63) is 0 Å². The zero-order valence-electron chi connectivity index (χ0n) is 3.20. The predicted octanol–water partition coefficient (Wildman–Crippen LogP) is 0.0424. The minimum atomic E-state index is 0. The largest absolute Gasteiger partial charge is 0.482 e. The molecule has 0 saturated heterocycles. The van der Waals surface area contributed by atoms with E-state index in [2.05, 4.69) is 9.73 Å². The number of aliphatic imine (C=N–C) groups is 1. The molecule has 0 fully saturated rings. The molecule has 0 radical (unpaired) electrons. The van der Waals surface area contributed by atoms with E-state index in [0.29, 0.717) is 0 Å². The van der Waals surface area contributed by atoms with Gasteiger partial charge in [0.25, 0.3) is 0 Å². The van der Waals surface area contributed by atoms with Gasteiger partial charge in [-0.15, -0.1) is 0 Å². The van der Waals surface area contributed by atoms with Crippen molar-refractivity contribution in [3.63, 3.8) is 0 Å². The molecule has 2 nitrogen and oxygen atoms in total. The normalized spacial score (nSPS) is 16.0. The van der Waals surface area contributed by atoms with E-state index in [1.165, 1.54) is 6.40 Å². The summed E-state index contributed by atoms with van der Waals surface area (Å²) in [4.78, 5) is 3.74. The number of hydrogen-bond acceptors (Lipinski definition) is 2. The van der Waals surface area contributed by atoms with Crippen molar-refractivity contribution in [2.45, 2.75) is 0 Å². The molecule has 1 aliphatic rings. The molecule has 0 unspecified atom stereocenters. The van der Waals surface area contributed by atoms with E-state index >= 15 is 0 Å². The van der Waals surface area contributed by atoms with E-state index in [1.54, 1.807) is 0 Å². The molecule has 1 rings (SSSR count). The average molecular weight is 172 g/mol. The molecule has 1 heterocycles. The molecule has 0 aliphatic carbocycles. The molecule has 1 aliphatic heterocycles. The van der Waals surface area contributed by atoms with Crippen molar-refractivity contribution in [2.24, 2.45) is 4.99 Å². The number of hydrogen-bond donors (Lipinski definition) is 0. The maximum atomic E-state index is 4.65. The average Bonchev–Trinajstić information content (AvgIpc) is 1.76. The summed E-state index contributed by atoms with van der Waals surface area (Å²) in [5, 5.41) is 0. The van der Waals surface area contributed by atoms with Crippen LogP contribution in [0.25, 0.3) is 0 Å². The second kappa shape index (κ2) is 3.29. The Balaban J connectivity index is 0.000000250. The summed E-state index contributed by atoms with van der Waals surface area (Å²) in [6.45, 7) is 1.62. The van der Waals surface area contributed by atoms with Gasteiger partial charge in [0.15, 0.2) is 6.40 Å². The van der Waals surface area contributed by atoms with E-state index < -0.39 is 0 Å². The summed E-state index contributed by atoms with van der Waals surface area (Å²) < 4.78 is 4.65. The maximum absolute atomic E-state index is 4.65. The van der Waals surface area contributed by atoms with Crippen molar-refractivity contribution in [3.8, 4) is 0 Å². The number of rotatable bonds is 0. The molecule has 0 amide bonds. The van der Waals surface area contributed by atoms with Gasteiger partial charge in [-0.3, -0.25) is 4.99 Å². The number of ether oxygens (including phenoxy) is 1. The summed E-state index contributed by atoms with van der Waals surface area (Å²) in [5.41, 5.74) is 0. The van der Waals surface area contributed by atoms with Gasteiger partial charge in [0.1, 0.15) is 6.61 Å². The summed E-state index contributed by atoms with van der Waals surface area (Å²) in [6.07, 6.45) is 1.49. The van der Waals surface area contributed by atoms with Crippen LogP contribution in [0.5, 0.6) is 0 Å². The fraction of sp³-hybridized carbons (Fsp3) is 0.667. The number of nitrogens with zero attached hydrogens (tertiary/aromatic N) is 1. The van der Waals surface area contributed by atoms with Crippen molar-refractivity contribution >= 4 is 6.40 Å². The Bertz CT molecular complexity index is 48.8. The van der Waals surface area contributed by atoms with E-state index in [-0.39, 0.29) is 19.5 Å². The molecule has 0 spiro atoms. The molecule has 0 bridgehead atoms. The topological polar surface area (TPSA) is 21.6 Å². The summed E-state index contributed by atoms with van der Waals surface area (Å²) in [7, 11) is 0. The molecule has 0 atom stereocenters. The molecular formula is C3H5NORu. The van der Waals surface area contributed by atoms with Crippen LogP contribution in [0.2, 0.25) is 0 Å². The molecule has 0 aromatic carbocycles. The van der Waals surface area contributed by atoms with Gasteiger partial charge in [-0.2, -0.15) is 0 Å². The Morgan fingerprint density at radius 1 is 1.67 bits per heavy atom. The van der Waals surface area contributed by atoms with Crippen LogP contribution in [0.3, 0.4) is 0 Å². The molecule has 6 heavy (non-hydrogen) atoms. The van der Waals surface area contributed by atoms with Crippen molar-refractivity contribution < 1.29 is 24.2 Å². The Morgan fingerprint density at radius 3 is 2.67 bits per heavy atom. The fourth-order valence-corrected chi connectivity index (χ4v) is 0.264. The van der Waals surface area contributed by atoms with E-state index in [1.807, 2.05) is 0 Å². The van der Waals surface area contributed by atoms with Gasteiger partial charge in [0.2, 0.25) is 0 Å². The first-order valence-corrected chi connectivity index (χ1v) is 1.60. The third-order valence-electron chi connectivity index (χ3n) is 0.487. The van der Waals surface area contributed by atoms with E-state index in [9.17, 15) is 0 Å². The zero-order chi connectivity index (χ0) is 3.54. The minimum Gasteiger partial charge on any atom is -0.482 e. The van der Waals surface area contributed by atoms with Crippen LogP contribution in [0.15, 0.2) is 4.99 Å².